The first kappa shape index (κ1) is 17.1. The summed E-state index contributed by atoms with van der Waals surface area (Å²) in [6.07, 6.45) is -3.34. The molecule has 0 spiro atoms. The van der Waals surface area contributed by atoms with Crippen molar-refractivity contribution >= 4 is 11.9 Å². The minimum Gasteiger partial charge on any atom is -0.466 e. The van der Waals surface area contributed by atoms with Crippen LogP contribution in [-0.2, 0) is 14.3 Å². The first-order valence-electron chi connectivity index (χ1n) is 6.30. The Morgan fingerprint density at radius 1 is 1.33 bits per heavy atom. The summed E-state index contributed by atoms with van der Waals surface area (Å²) in [5.41, 5.74) is -0.245. The smallest absolute Gasteiger partial charge is 0.340 e. The Kier molecular flexibility index (Phi) is 6.26. The third-order valence-electron chi connectivity index (χ3n) is 2.79. The van der Waals surface area contributed by atoms with Crippen molar-refractivity contribution in [2.75, 3.05) is 13.7 Å². The molecule has 0 heterocycles. The molecule has 1 aromatic carbocycles. The van der Waals surface area contributed by atoms with Crippen LogP contribution in [0.1, 0.15) is 35.4 Å². The Morgan fingerprint density at radius 3 is 2.52 bits per heavy atom. The summed E-state index contributed by atoms with van der Waals surface area (Å²) in [5.74, 6) is -2.40. The van der Waals surface area contributed by atoms with Crippen LogP contribution in [0.3, 0.4) is 0 Å². The van der Waals surface area contributed by atoms with E-state index >= 15 is 0 Å². The maximum Gasteiger partial charge on any atom is 0.340 e. The molecule has 0 saturated carbocycles. The molecule has 0 bridgehead atoms. The highest BCUT2D eigenvalue weighted by atomic mass is 19.1. The summed E-state index contributed by atoms with van der Waals surface area (Å²) in [4.78, 5) is 22.4. The molecule has 0 aliphatic carbocycles. The Morgan fingerprint density at radius 2 is 2.00 bits per heavy atom. The van der Waals surface area contributed by atoms with Gasteiger partial charge in [-0.3, -0.25) is 4.79 Å². The van der Waals surface area contributed by atoms with Crippen LogP contribution in [0.5, 0.6) is 0 Å². The van der Waals surface area contributed by atoms with Gasteiger partial charge in [0.15, 0.2) is 0 Å². The van der Waals surface area contributed by atoms with Gasteiger partial charge in [-0.1, -0.05) is 6.07 Å². The number of hydrogen-bond acceptors (Lipinski definition) is 6. The minimum atomic E-state index is -1.48. The van der Waals surface area contributed by atoms with E-state index in [1.54, 1.807) is 6.92 Å². The van der Waals surface area contributed by atoms with Crippen LogP contribution in [-0.4, -0.2) is 42.0 Å². The molecule has 0 aliphatic heterocycles. The summed E-state index contributed by atoms with van der Waals surface area (Å²) >= 11 is 0. The molecule has 1 aromatic rings. The van der Waals surface area contributed by atoms with Gasteiger partial charge in [-0.05, 0) is 24.6 Å². The first-order chi connectivity index (χ1) is 9.90. The molecule has 2 N–H and O–H groups in total. The van der Waals surface area contributed by atoms with E-state index in [0.29, 0.717) is 0 Å². The highest BCUT2D eigenvalue weighted by Gasteiger charge is 2.23. The van der Waals surface area contributed by atoms with E-state index in [0.717, 1.165) is 19.2 Å². The van der Waals surface area contributed by atoms with Crippen molar-refractivity contribution in [3.8, 4) is 0 Å². The minimum absolute atomic E-state index is 0.0388. The predicted molar refractivity (Wildman–Crippen MR) is 70.0 cm³/mol. The number of aliphatic hydroxyl groups excluding tert-OH is 2. The predicted octanol–water partition coefficient (Wildman–Crippen LogP) is 0.960. The first-order valence-corrected chi connectivity index (χ1v) is 6.30. The molecule has 0 fully saturated rings. The molecule has 21 heavy (non-hydrogen) atoms. The van der Waals surface area contributed by atoms with E-state index in [2.05, 4.69) is 9.47 Å². The van der Waals surface area contributed by atoms with Crippen molar-refractivity contribution in [2.45, 2.75) is 25.6 Å². The monoisotopic (exact) mass is 300 g/mol. The Bertz CT molecular complexity index is 516. The molecule has 0 radical (unpaired) electrons. The second-order valence-electron chi connectivity index (χ2n) is 4.25. The van der Waals surface area contributed by atoms with Crippen LogP contribution in [0.4, 0.5) is 4.39 Å². The van der Waals surface area contributed by atoms with E-state index in [1.165, 1.54) is 6.07 Å². The molecule has 2 unspecified atom stereocenters. The fraction of sp³-hybridized carbons (Fsp3) is 0.429. The van der Waals surface area contributed by atoms with E-state index in [9.17, 15) is 24.2 Å². The number of ether oxygens (including phenoxy) is 2. The molecule has 116 valence electrons. The van der Waals surface area contributed by atoms with Crippen LogP contribution in [0.15, 0.2) is 18.2 Å². The van der Waals surface area contributed by atoms with Crippen molar-refractivity contribution in [3.63, 3.8) is 0 Å². The molecule has 0 aliphatic rings. The van der Waals surface area contributed by atoms with Gasteiger partial charge in [-0.25, -0.2) is 9.18 Å². The summed E-state index contributed by atoms with van der Waals surface area (Å²) in [7, 11) is 1.12. The highest BCUT2D eigenvalue weighted by Crippen LogP contribution is 2.22. The van der Waals surface area contributed by atoms with Crippen LogP contribution in [0, 0.1) is 5.82 Å². The van der Waals surface area contributed by atoms with Gasteiger partial charge in [0.05, 0.1) is 31.8 Å². The van der Waals surface area contributed by atoms with Gasteiger partial charge in [-0.15, -0.1) is 0 Å². The lowest BCUT2D eigenvalue weighted by molar-refractivity contribution is -0.147. The van der Waals surface area contributed by atoms with E-state index in [1.807, 2.05) is 0 Å². The molecule has 0 aromatic heterocycles. The molecule has 7 heteroatoms. The quantitative estimate of drug-likeness (QED) is 0.760. The zero-order valence-corrected chi connectivity index (χ0v) is 11.7. The normalized spacial score (nSPS) is 13.4. The lowest BCUT2D eigenvalue weighted by atomic mass is 10.0. The second-order valence-corrected chi connectivity index (χ2v) is 4.25. The Hall–Kier alpha value is -1.99. The Labute approximate surface area is 121 Å². The van der Waals surface area contributed by atoms with Gasteiger partial charge < -0.3 is 19.7 Å². The molecular weight excluding hydrogens is 283 g/mol. The molecule has 0 saturated heterocycles. The van der Waals surface area contributed by atoms with Crippen LogP contribution >= 0.6 is 0 Å². The van der Waals surface area contributed by atoms with Gasteiger partial charge in [0.2, 0.25) is 0 Å². The Balaban J connectivity index is 2.83. The fourth-order valence-corrected chi connectivity index (χ4v) is 1.72. The van der Waals surface area contributed by atoms with Crippen LogP contribution < -0.4 is 0 Å². The molecule has 6 nitrogen and oxygen atoms in total. The number of carbonyl (C=O) groups excluding carboxylic acids is 2. The summed E-state index contributed by atoms with van der Waals surface area (Å²) < 4.78 is 22.7. The van der Waals surface area contributed by atoms with Gasteiger partial charge in [0, 0.05) is 0 Å². The number of halogens is 1. The average Bonchev–Trinajstić information content (AvgIpc) is 2.45. The molecule has 1 rings (SSSR count). The van der Waals surface area contributed by atoms with Crippen molar-refractivity contribution in [3.05, 3.63) is 35.1 Å². The lowest BCUT2D eigenvalue weighted by Crippen LogP contribution is -2.23. The van der Waals surface area contributed by atoms with E-state index in [-0.39, 0.29) is 17.7 Å². The summed E-state index contributed by atoms with van der Waals surface area (Å²) in [5, 5.41) is 19.6. The summed E-state index contributed by atoms with van der Waals surface area (Å²) in [6.45, 7) is 1.77. The fourth-order valence-electron chi connectivity index (χ4n) is 1.72. The maximum atomic E-state index is 13.7. The number of esters is 2. The van der Waals surface area contributed by atoms with E-state index in [4.69, 9.17) is 0 Å². The number of benzene rings is 1. The topological polar surface area (TPSA) is 93.1 Å². The average molecular weight is 300 g/mol. The number of rotatable bonds is 6. The van der Waals surface area contributed by atoms with Gasteiger partial charge >= 0.3 is 11.9 Å². The van der Waals surface area contributed by atoms with Crippen molar-refractivity contribution in [2.24, 2.45) is 0 Å². The second kappa shape index (κ2) is 7.70. The van der Waals surface area contributed by atoms with Gasteiger partial charge in [0.1, 0.15) is 11.9 Å². The van der Waals surface area contributed by atoms with Gasteiger partial charge in [-0.2, -0.15) is 0 Å². The number of methoxy groups -OCH3 is 1. The number of aliphatic hydroxyl groups is 2. The SMILES string of the molecule is CCOC(=O)CC(O)C(O)c1ccc(C(=O)OC)c(F)c1. The third kappa shape index (κ3) is 4.51. The molecular formula is C14H17FO6. The zero-order chi connectivity index (χ0) is 16.0. The standard InChI is InChI=1S/C14H17FO6/c1-3-21-12(17)7-11(16)13(18)8-4-5-9(10(15)6-8)14(19)20-2/h4-6,11,13,16,18H,3,7H2,1-2H3. The van der Waals surface area contributed by atoms with Crippen molar-refractivity contribution < 1.29 is 33.7 Å². The van der Waals surface area contributed by atoms with Crippen molar-refractivity contribution in [1.29, 1.82) is 0 Å². The molecule has 0 amide bonds. The number of carbonyl (C=O) groups is 2. The van der Waals surface area contributed by atoms with Crippen LogP contribution in [0.25, 0.3) is 0 Å². The third-order valence-corrected chi connectivity index (χ3v) is 2.79. The summed E-state index contributed by atoms with van der Waals surface area (Å²) in [6, 6.07) is 3.32. The molecule has 2 atom stereocenters. The highest BCUT2D eigenvalue weighted by molar-refractivity contribution is 5.89. The van der Waals surface area contributed by atoms with Crippen LogP contribution in [0.2, 0.25) is 0 Å². The van der Waals surface area contributed by atoms with Gasteiger partial charge in [0.25, 0.3) is 0 Å². The van der Waals surface area contributed by atoms with E-state index < -0.39 is 36.4 Å². The van der Waals surface area contributed by atoms with Crippen molar-refractivity contribution in [1.82, 2.24) is 0 Å². The maximum absolute atomic E-state index is 13.7. The lowest BCUT2D eigenvalue weighted by Gasteiger charge is -2.17. The zero-order valence-electron chi connectivity index (χ0n) is 11.7. The number of hydrogen-bond donors (Lipinski definition) is 2. The largest absolute Gasteiger partial charge is 0.466 e.